The van der Waals surface area contributed by atoms with Crippen molar-refractivity contribution in [3.63, 3.8) is 0 Å². The monoisotopic (exact) mass is 194 g/mol. The van der Waals surface area contributed by atoms with Crippen molar-refractivity contribution in [2.75, 3.05) is 6.54 Å². The Kier molecular flexibility index (Phi) is 2.75. The fourth-order valence-corrected chi connectivity index (χ4v) is 2.40. The van der Waals surface area contributed by atoms with Gasteiger partial charge in [-0.2, -0.15) is 0 Å². The highest BCUT2D eigenvalue weighted by molar-refractivity contribution is 5.74. The van der Waals surface area contributed by atoms with Gasteiger partial charge in [0.05, 0.1) is 0 Å². The number of carbonyl (C=O) groups is 1. The van der Waals surface area contributed by atoms with E-state index in [2.05, 4.69) is 29.7 Å². The maximum atomic E-state index is 11.4. The molecule has 2 rings (SSSR count). The largest absolute Gasteiger partial charge is 0.338 e. The zero-order valence-electron chi connectivity index (χ0n) is 8.62. The number of rotatable bonds is 3. The maximum absolute atomic E-state index is 11.4. The van der Waals surface area contributed by atoms with Gasteiger partial charge in [-0.25, -0.2) is 4.79 Å². The summed E-state index contributed by atoms with van der Waals surface area (Å²) in [6, 6.07) is 0.375. The maximum Gasteiger partial charge on any atom is 0.315 e. The van der Waals surface area contributed by atoms with Gasteiger partial charge in [-0.05, 0) is 31.1 Å². The Morgan fingerprint density at radius 2 is 2.29 bits per heavy atom. The number of amides is 2. The highest BCUT2D eigenvalue weighted by Crippen LogP contribution is 2.38. The van der Waals surface area contributed by atoms with E-state index < -0.39 is 0 Å². The molecule has 2 aliphatic carbocycles. The van der Waals surface area contributed by atoms with Crippen LogP contribution in [0.1, 0.15) is 26.2 Å². The molecule has 0 heterocycles. The first kappa shape index (κ1) is 9.56. The Morgan fingerprint density at radius 3 is 2.86 bits per heavy atom. The molecule has 3 atom stereocenters. The third kappa shape index (κ3) is 1.91. The summed E-state index contributed by atoms with van der Waals surface area (Å²) in [4.78, 5) is 11.4. The summed E-state index contributed by atoms with van der Waals surface area (Å²) in [7, 11) is 0. The van der Waals surface area contributed by atoms with E-state index in [-0.39, 0.29) is 6.03 Å². The smallest absolute Gasteiger partial charge is 0.315 e. The van der Waals surface area contributed by atoms with Crippen LogP contribution in [0.4, 0.5) is 4.79 Å². The van der Waals surface area contributed by atoms with E-state index in [1.807, 2.05) is 0 Å². The average Bonchev–Trinajstić information content (AvgIpc) is 2.76. The molecule has 0 saturated heterocycles. The van der Waals surface area contributed by atoms with Crippen LogP contribution in [-0.2, 0) is 0 Å². The third-order valence-electron chi connectivity index (χ3n) is 3.13. The second-order valence-corrected chi connectivity index (χ2v) is 4.29. The molecule has 0 aromatic rings. The molecule has 0 aliphatic heterocycles. The number of fused-ring (bicyclic) bond motifs is 2. The van der Waals surface area contributed by atoms with Crippen molar-refractivity contribution >= 4 is 6.03 Å². The number of allylic oxidation sites excluding steroid dienone is 1. The lowest BCUT2D eigenvalue weighted by molar-refractivity contribution is 0.235. The quantitative estimate of drug-likeness (QED) is 0.659. The van der Waals surface area contributed by atoms with E-state index in [1.165, 1.54) is 6.42 Å². The van der Waals surface area contributed by atoms with Gasteiger partial charge in [0.25, 0.3) is 0 Å². The molecule has 3 nitrogen and oxygen atoms in total. The van der Waals surface area contributed by atoms with Crippen molar-refractivity contribution in [1.29, 1.82) is 0 Å². The van der Waals surface area contributed by atoms with Crippen molar-refractivity contribution in [2.45, 2.75) is 32.2 Å². The van der Waals surface area contributed by atoms with Crippen molar-refractivity contribution in [1.82, 2.24) is 10.6 Å². The lowest BCUT2D eigenvalue weighted by atomic mass is 10.0. The fraction of sp³-hybridized carbons (Fsp3) is 0.727. The van der Waals surface area contributed by atoms with Crippen LogP contribution < -0.4 is 10.6 Å². The van der Waals surface area contributed by atoms with Crippen molar-refractivity contribution in [2.24, 2.45) is 11.8 Å². The highest BCUT2D eigenvalue weighted by atomic mass is 16.2. The first-order chi connectivity index (χ1) is 6.79. The van der Waals surface area contributed by atoms with Gasteiger partial charge in [0.1, 0.15) is 0 Å². The Morgan fingerprint density at radius 1 is 1.43 bits per heavy atom. The highest BCUT2D eigenvalue weighted by Gasteiger charge is 2.36. The average molecular weight is 194 g/mol. The van der Waals surface area contributed by atoms with Crippen LogP contribution in [0, 0.1) is 11.8 Å². The molecule has 2 aliphatic rings. The molecule has 3 heteroatoms. The van der Waals surface area contributed by atoms with Crippen LogP contribution >= 0.6 is 0 Å². The molecule has 1 saturated carbocycles. The number of urea groups is 1. The Bertz CT molecular complexity index is 250. The van der Waals surface area contributed by atoms with Gasteiger partial charge in [0.15, 0.2) is 0 Å². The Labute approximate surface area is 84.9 Å². The summed E-state index contributed by atoms with van der Waals surface area (Å²) in [6.07, 6.45) is 7.88. The van der Waals surface area contributed by atoms with E-state index in [9.17, 15) is 4.79 Å². The van der Waals surface area contributed by atoms with Crippen molar-refractivity contribution < 1.29 is 4.79 Å². The van der Waals surface area contributed by atoms with Crippen LogP contribution in [0.5, 0.6) is 0 Å². The summed E-state index contributed by atoms with van der Waals surface area (Å²) in [5.41, 5.74) is 0. The number of nitrogens with one attached hydrogen (secondary N) is 2. The molecule has 2 N–H and O–H groups in total. The minimum Gasteiger partial charge on any atom is -0.338 e. The van der Waals surface area contributed by atoms with Gasteiger partial charge in [0.2, 0.25) is 0 Å². The van der Waals surface area contributed by atoms with Gasteiger partial charge in [-0.3, -0.25) is 0 Å². The molecular weight excluding hydrogens is 176 g/mol. The van der Waals surface area contributed by atoms with E-state index in [0.717, 1.165) is 25.3 Å². The van der Waals surface area contributed by atoms with E-state index in [4.69, 9.17) is 0 Å². The molecule has 0 spiro atoms. The van der Waals surface area contributed by atoms with Crippen LogP contribution in [0.2, 0.25) is 0 Å². The van der Waals surface area contributed by atoms with Crippen LogP contribution in [0.3, 0.4) is 0 Å². The lowest BCUT2D eigenvalue weighted by Crippen LogP contribution is -2.44. The van der Waals surface area contributed by atoms with Crippen molar-refractivity contribution in [3.05, 3.63) is 12.2 Å². The molecule has 0 aromatic heterocycles. The first-order valence-corrected chi connectivity index (χ1v) is 5.52. The molecule has 14 heavy (non-hydrogen) atoms. The van der Waals surface area contributed by atoms with Gasteiger partial charge in [-0.15, -0.1) is 0 Å². The molecule has 0 radical (unpaired) electrons. The molecule has 3 unspecified atom stereocenters. The Balaban J connectivity index is 1.76. The van der Waals surface area contributed by atoms with Crippen molar-refractivity contribution in [3.8, 4) is 0 Å². The number of hydrogen-bond acceptors (Lipinski definition) is 1. The van der Waals surface area contributed by atoms with Crippen LogP contribution in [0.15, 0.2) is 12.2 Å². The predicted molar refractivity (Wildman–Crippen MR) is 56.0 cm³/mol. The minimum atomic E-state index is -0.00204. The topological polar surface area (TPSA) is 41.1 Å². The summed E-state index contributed by atoms with van der Waals surface area (Å²) < 4.78 is 0. The predicted octanol–water partition coefficient (Wildman–Crippen LogP) is 1.66. The molecular formula is C11H18N2O. The van der Waals surface area contributed by atoms with Gasteiger partial charge in [0, 0.05) is 12.6 Å². The molecule has 1 fully saturated rings. The number of hydrogen-bond donors (Lipinski definition) is 2. The van der Waals surface area contributed by atoms with Crippen LogP contribution in [-0.4, -0.2) is 18.6 Å². The molecule has 2 amide bonds. The first-order valence-electron chi connectivity index (χ1n) is 5.52. The standard InChI is InChI=1S/C11H18N2O/c1-2-5-12-11(14)13-10-7-8-3-4-9(10)6-8/h3-4,8-10H,2,5-7H2,1H3,(H2,12,13,14). The Hall–Kier alpha value is -0.990. The normalized spacial score (nSPS) is 33.4. The lowest BCUT2D eigenvalue weighted by Gasteiger charge is -2.19. The van der Waals surface area contributed by atoms with Crippen LogP contribution in [0.25, 0.3) is 0 Å². The number of carbonyl (C=O) groups excluding carboxylic acids is 1. The third-order valence-corrected chi connectivity index (χ3v) is 3.13. The second-order valence-electron chi connectivity index (χ2n) is 4.29. The van der Waals surface area contributed by atoms with E-state index >= 15 is 0 Å². The summed E-state index contributed by atoms with van der Waals surface area (Å²) in [5.74, 6) is 1.31. The summed E-state index contributed by atoms with van der Waals surface area (Å²) >= 11 is 0. The molecule has 2 bridgehead atoms. The van der Waals surface area contributed by atoms with E-state index in [1.54, 1.807) is 0 Å². The molecule has 78 valence electrons. The zero-order valence-corrected chi connectivity index (χ0v) is 8.62. The minimum absolute atomic E-state index is 0.00204. The zero-order chi connectivity index (χ0) is 9.97. The summed E-state index contributed by atoms with van der Waals surface area (Å²) in [5, 5.41) is 5.89. The summed E-state index contributed by atoms with van der Waals surface area (Å²) in [6.45, 7) is 2.82. The van der Waals surface area contributed by atoms with Gasteiger partial charge < -0.3 is 10.6 Å². The SMILES string of the molecule is CCCNC(=O)NC1CC2C=CC1C2. The second kappa shape index (κ2) is 4.03. The van der Waals surface area contributed by atoms with Gasteiger partial charge in [-0.1, -0.05) is 19.1 Å². The fourth-order valence-electron chi connectivity index (χ4n) is 2.40. The van der Waals surface area contributed by atoms with Gasteiger partial charge >= 0.3 is 6.03 Å². The van der Waals surface area contributed by atoms with E-state index in [0.29, 0.717) is 12.0 Å². The molecule has 0 aromatic carbocycles.